The van der Waals surface area contributed by atoms with Crippen LogP contribution in [0.1, 0.15) is 73.1 Å². The van der Waals surface area contributed by atoms with Crippen molar-refractivity contribution in [1.29, 1.82) is 0 Å². The summed E-state index contributed by atoms with van der Waals surface area (Å²) < 4.78 is 32.4. The Bertz CT molecular complexity index is 1980. The summed E-state index contributed by atoms with van der Waals surface area (Å²) in [5, 5.41) is 34.3. The van der Waals surface area contributed by atoms with Gasteiger partial charge in [-0.1, -0.05) is 66.5 Å². The number of alkyl halides is 1. The van der Waals surface area contributed by atoms with Crippen LogP contribution in [-0.2, 0) is 25.7 Å². The van der Waals surface area contributed by atoms with E-state index in [0.29, 0.717) is 30.1 Å². The lowest BCUT2D eigenvalue weighted by molar-refractivity contribution is -0.256. The van der Waals surface area contributed by atoms with Gasteiger partial charge in [0.1, 0.15) is 36.5 Å². The van der Waals surface area contributed by atoms with Crippen molar-refractivity contribution in [2.24, 2.45) is 22.9 Å². The third kappa shape index (κ3) is 11.2. The number of benzene rings is 3. The van der Waals surface area contributed by atoms with Gasteiger partial charge in [0.25, 0.3) is 0 Å². The van der Waals surface area contributed by atoms with Gasteiger partial charge in [-0.3, -0.25) is 4.90 Å². The fraction of sp³-hybridized carbons (Fsp3) is 0.510. The molecule has 6 atom stereocenters. The fourth-order valence-corrected chi connectivity index (χ4v) is 9.37. The van der Waals surface area contributed by atoms with Crippen LogP contribution in [0.15, 0.2) is 96.2 Å². The number of fused-ring (bicyclic) bond motifs is 2. The molecule has 62 heavy (non-hydrogen) atoms. The van der Waals surface area contributed by atoms with E-state index in [9.17, 15) is 20.1 Å². The highest BCUT2D eigenvalue weighted by Crippen LogP contribution is 2.62. The molecule has 0 radical (unpaired) electrons. The number of carbonyl (C=O) groups is 1. The molecule has 3 aromatic rings. The lowest BCUT2D eigenvalue weighted by Crippen LogP contribution is -2.70. The van der Waals surface area contributed by atoms with E-state index < -0.39 is 23.8 Å². The molecule has 1 amide bonds. The van der Waals surface area contributed by atoms with E-state index in [2.05, 4.69) is 32.6 Å². The Morgan fingerprint density at radius 2 is 1.69 bits per heavy atom. The van der Waals surface area contributed by atoms with Gasteiger partial charge in [-0.25, -0.2) is 4.79 Å². The van der Waals surface area contributed by atoms with E-state index in [1.165, 1.54) is 5.56 Å². The van der Waals surface area contributed by atoms with E-state index >= 15 is 0 Å². The summed E-state index contributed by atoms with van der Waals surface area (Å²) in [5.41, 5.74) is 5.74. The second kappa shape index (κ2) is 23.3. The molecule has 0 spiro atoms. The number of aliphatic hydroxyl groups is 3. The normalized spacial score (nSPS) is 23.1. The third-order valence-electron chi connectivity index (χ3n) is 12.2. The van der Waals surface area contributed by atoms with Crippen molar-refractivity contribution in [2.75, 3.05) is 58.7 Å². The number of ether oxygens (including phenoxy) is 5. The maximum Gasteiger partial charge on any atom is 0.410 e. The Hall–Kier alpha value is -4.43. The topological polar surface area (TPSA) is 149 Å². The Labute approximate surface area is 371 Å². The summed E-state index contributed by atoms with van der Waals surface area (Å²) in [6.07, 6.45) is 8.03. The predicted molar refractivity (Wildman–Crippen MR) is 239 cm³/mol. The number of unbranched alkanes of at least 4 members (excludes halogenated alkanes) is 2. The van der Waals surface area contributed by atoms with Crippen molar-refractivity contribution in [3.05, 3.63) is 113 Å². The first kappa shape index (κ1) is 47.1. The molecule has 3 N–H and O–H groups in total. The number of hydrogen-bond donors (Lipinski definition) is 3. The quantitative estimate of drug-likeness (QED) is 0.0346. The van der Waals surface area contributed by atoms with Crippen LogP contribution < -0.4 is 9.47 Å². The molecule has 1 fully saturated rings. The molecule has 3 aromatic carbocycles. The van der Waals surface area contributed by atoms with Gasteiger partial charge in [0.15, 0.2) is 0 Å². The highest BCUT2D eigenvalue weighted by molar-refractivity contribution is 6.18. The predicted octanol–water partition coefficient (Wildman–Crippen LogP) is 8.62. The van der Waals surface area contributed by atoms with Crippen LogP contribution in [0.25, 0.3) is 0 Å². The number of carbonyl (C=O) groups excluding carboxylic acids is 1. The first-order valence-electron chi connectivity index (χ1n) is 22.0. The van der Waals surface area contributed by atoms with Crippen molar-refractivity contribution in [1.82, 2.24) is 4.90 Å². The molecule has 1 heterocycles. The number of rotatable bonds is 24. The van der Waals surface area contributed by atoms with Gasteiger partial charge in [0.05, 0.1) is 43.9 Å². The van der Waals surface area contributed by atoms with Gasteiger partial charge < -0.3 is 43.8 Å². The molecule has 6 unspecified atom stereocenters. The molecule has 336 valence electrons. The largest absolute Gasteiger partial charge is 0.459 e. The number of hydrogen-bond acceptors (Lipinski definition) is 11. The average molecular weight is 875 g/mol. The van der Waals surface area contributed by atoms with Crippen molar-refractivity contribution in [3.8, 4) is 17.2 Å². The van der Waals surface area contributed by atoms with Crippen LogP contribution in [0.5, 0.6) is 17.2 Å². The van der Waals surface area contributed by atoms with Crippen LogP contribution in [0.4, 0.5) is 4.79 Å². The number of oxime groups is 1. The molecule has 2 aliphatic carbocycles. The second-order valence-electron chi connectivity index (χ2n) is 16.2. The Morgan fingerprint density at radius 1 is 0.935 bits per heavy atom. The first-order chi connectivity index (χ1) is 30.3. The summed E-state index contributed by atoms with van der Waals surface area (Å²) in [7, 11) is 0. The molecule has 12 nitrogen and oxygen atoms in total. The number of nitrogens with zero attached hydrogens (tertiary/aromatic N) is 2. The van der Waals surface area contributed by atoms with E-state index in [1.807, 2.05) is 60.7 Å². The molecule has 1 saturated carbocycles. The average Bonchev–Trinajstić information content (AvgIpc) is 3.28. The van der Waals surface area contributed by atoms with Crippen LogP contribution in [0.2, 0.25) is 0 Å². The summed E-state index contributed by atoms with van der Waals surface area (Å²) in [6.45, 7) is 8.74. The van der Waals surface area contributed by atoms with E-state index in [1.54, 1.807) is 11.0 Å². The minimum atomic E-state index is -1.49. The number of halogens is 1. The molecule has 3 aliphatic rings. The number of aryl methyl sites for hydroxylation is 2. The monoisotopic (exact) mass is 874 g/mol. The Balaban J connectivity index is 1.57. The standard InChI is InChI=1S/C49H63ClN2O10/c1-4-25-59-49-45(52(21-27-57-28-24-55)48(56)58-26-20-50)32-43(51-60-33-36-12-6-5-7-13-36)41-30-37(14-8-10-22-53)40(15-9-11-23-54)46(47(41)49)42-31-39(18-19-44(42)62-49)61-38-17-16-34(2)35(3)29-38/h4-7,12-13,16-19,29-31,37,40,45-47,53-55H,1,8-11,14-15,20-28,32-33H2,2-3H3. The molecule has 0 bridgehead atoms. The van der Waals surface area contributed by atoms with Gasteiger partial charge in [-0.05, 0) is 104 Å². The molecule has 0 saturated heterocycles. The van der Waals surface area contributed by atoms with Crippen molar-refractivity contribution < 1.29 is 48.6 Å². The van der Waals surface area contributed by atoms with Crippen LogP contribution in [-0.4, -0.2) is 103 Å². The number of amides is 1. The summed E-state index contributed by atoms with van der Waals surface area (Å²) in [6, 6.07) is 20.9. The zero-order chi connectivity index (χ0) is 43.9. The van der Waals surface area contributed by atoms with Crippen LogP contribution >= 0.6 is 11.6 Å². The summed E-state index contributed by atoms with van der Waals surface area (Å²) in [4.78, 5) is 22.1. The lowest BCUT2D eigenvalue weighted by atomic mass is 9.55. The number of aliphatic hydroxyl groups excluding tert-OH is 3. The van der Waals surface area contributed by atoms with E-state index in [0.717, 1.165) is 53.7 Å². The second-order valence-corrected chi connectivity index (χ2v) is 16.6. The van der Waals surface area contributed by atoms with Gasteiger partial charge in [0, 0.05) is 37.7 Å². The Kier molecular flexibility index (Phi) is 17.7. The fourth-order valence-electron chi connectivity index (χ4n) is 9.30. The van der Waals surface area contributed by atoms with E-state index in [4.69, 9.17) is 45.3 Å². The van der Waals surface area contributed by atoms with E-state index in [-0.39, 0.29) is 89.5 Å². The van der Waals surface area contributed by atoms with Crippen molar-refractivity contribution in [3.63, 3.8) is 0 Å². The zero-order valence-electron chi connectivity index (χ0n) is 36.1. The lowest BCUT2D eigenvalue weighted by Gasteiger charge is -2.59. The van der Waals surface area contributed by atoms with Crippen LogP contribution in [0, 0.1) is 31.6 Å². The van der Waals surface area contributed by atoms with Crippen molar-refractivity contribution >= 4 is 23.4 Å². The maximum absolute atomic E-state index is 14.3. The first-order valence-corrected chi connectivity index (χ1v) is 22.5. The minimum absolute atomic E-state index is 0.0185. The van der Waals surface area contributed by atoms with Gasteiger partial charge in [-0.2, -0.15) is 0 Å². The Morgan fingerprint density at radius 3 is 2.42 bits per heavy atom. The highest BCUT2D eigenvalue weighted by Gasteiger charge is 2.65. The summed E-state index contributed by atoms with van der Waals surface area (Å²) in [5.74, 6) is -0.127. The molecule has 13 heteroatoms. The number of allylic oxidation sites excluding steroid dienone is 1. The maximum atomic E-state index is 14.3. The minimum Gasteiger partial charge on any atom is -0.459 e. The van der Waals surface area contributed by atoms with Gasteiger partial charge in [0.2, 0.25) is 5.79 Å². The molecule has 0 aromatic heterocycles. The molecular formula is C49H63ClN2O10. The molecule has 1 aliphatic heterocycles. The molecular weight excluding hydrogens is 812 g/mol. The zero-order valence-corrected chi connectivity index (χ0v) is 36.8. The SMILES string of the molecule is C=CCOC12Oc3ccc(Oc4ccc(C)c(C)c4)cc3C3C(CCCCO)C(CCCCO)C=C(C(=NOCc4ccccc4)CC1N(CCOCCO)C(=O)OCCCl)C32. The smallest absolute Gasteiger partial charge is 0.410 e. The molecule has 6 rings (SSSR count). The third-order valence-corrected chi connectivity index (χ3v) is 12.4. The summed E-state index contributed by atoms with van der Waals surface area (Å²) >= 11 is 6.05. The highest BCUT2D eigenvalue weighted by atomic mass is 35.5. The van der Waals surface area contributed by atoms with Gasteiger partial charge in [-0.15, -0.1) is 18.2 Å². The van der Waals surface area contributed by atoms with Gasteiger partial charge >= 0.3 is 6.09 Å². The van der Waals surface area contributed by atoms with Crippen molar-refractivity contribution in [2.45, 2.75) is 83.1 Å². The van der Waals surface area contributed by atoms with Crippen LogP contribution in [0.3, 0.4) is 0 Å².